The van der Waals surface area contributed by atoms with E-state index in [4.69, 9.17) is 0 Å². The third kappa shape index (κ3) is 3.31. The van der Waals surface area contributed by atoms with Crippen molar-refractivity contribution >= 4 is 6.29 Å². The van der Waals surface area contributed by atoms with Crippen molar-refractivity contribution in [3.05, 3.63) is 47.9 Å². The van der Waals surface area contributed by atoms with E-state index in [1.807, 2.05) is 0 Å². The number of carbonyl (C=O) groups excluding carboxylic acids is 1. The molecule has 2 rings (SSSR count). The molecule has 7 heteroatoms. The van der Waals surface area contributed by atoms with Gasteiger partial charge in [-0.3, -0.25) is 4.79 Å². The van der Waals surface area contributed by atoms with Gasteiger partial charge >= 0.3 is 6.36 Å². The average molecular weight is 285 g/mol. The fraction of sp³-hybridized carbons (Fsp3) is 0.0769. The summed E-state index contributed by atoms with van der Waals surface area (Å²) in [5, 5.41) is 0. The number of aldehydes is 1. The highest BCUT2D eigenvalue weighted by molar-refractivity contribution is 5.85. The van der Waals surface area contributed by atoms with Crippen LogP contribution in [0, 0.1) is 5.95 Å². The summed E-state index contributed by atoms with van der Waals surface area (Å²) in [5.41, 5.74) is 0.496. The fourth-order valence-electron chi connectivity index (χ4n) is 1.59. The molecule has 0 saturated heterocycles. The van der Waals surface area contributed by atoms with E-state index < -0.39 is 18.1 Å². The van der Waals surface area contributed by atoms with Gasteiger partial charge in [-0.15, -0.1) is 13.2 Å². The largest absolute Gasteiger partial charge is 0.573 e. The summed E-state index contributed by atoms with van der Waals surface area (Å²) >= 11 is 0. The number of ether oxygens (including phenoxy) is 1. The van der Waals surface area contributed by atoms with Crippen LogP contribution in [0.1, 0.15) is 10.4 Å². The Labute approximate surface area is 110 Å². The van der Waals surface area contributed by atoms with Crippen LogP contribution in [-0.2, 0) is 0 Å². The molecule has 0 aliphatic heterocycles. The van der Waals surface area contributed by atoms with Crippen molar-refractivity contribution in [2.24, 2.45) is 0 Å². The zero-order valence-corrected chi connectivity index (χ0v) is 9.82. The Morgan fingerprint density at radius 1 is 1.05 bits per heavy atom. The van der Waals surface area contributed by atoms with Crippen LogP contribution in [0.5, 0.6) is 5.75 Å². The van der Waals surface area contributed by atoms with Crippen molar-refractivity contribution < 1.29 is 27.1 Å². The van der Waals surface area contributed by atoms with Gasteiger partial charge in [-0.2, -0.15) is 4.39 Å². The number of rotatable bonds is 3. The number of alkyl halides is 3. The van der Waals surface area contributed by atoms with Crippen molar-refractivity contribution in [1.82, 2.24) is 4.98 Å². The predicted octanol–water partition coefficient (Wildman–Crippen LogP) is 3.60. The summed E-state index contributed by atoms with van der Waals surface area (Å²) in [6.07, 6.45) is -4.30. The smallest absolute Gasteiger partial charge is 0.406 e. The highest BCUT2D eigenvalue weighted by atomic mass is 19.4. The van der Waals surface area contributed by atoms with Gasteiger partial charge in [0.15, 0.2) is 6.29 Å². The number of nitrogens with zero attached hydrogens (tertiary/aromatic N) is 1. The molecule has 0 unspecified atom stereocenters. The molecule has 0 aliphatic carbocycles. The van der Waals surface area contributed by atoms with E-state index in [0.29, 0.717) is 11.8 Å². The molecular weight excluding hydrogens is 278 g/mol. The van der Waals surface area contributed by atoms with Crippen molar-refractivity contribution in [2.75, 3.05) is 0 Å². The second-order valence-corrected chi connectivity index (χ2v) is 3.76. The molecule has 3 nitrogen and oxygen atoms in total. The first-order valence-corrected chi connectivity index (χ1v) is 5.37. The van der Waals surface area contributed by atoms with Crippen molar-refractivity contribution in [2.45, 2.75) is 6.36 Å². The summed E-state index contributed by atoms with van der Waals surface area (Å²) in [7, 11) is 0. The first-order chi connectivity index (χ1) is 9.39. The molecule has 0 radical (unpaired) electrons. The monoisotopic (exact) mass is 285 g/mol. The summed E-state index contributed by atoms with van der Waals surface area (Å²) in [4.78, 5) is 14.4. The van der Waals surface area contributed by atoms with Crippen LogP contribution in [0.2, 0.25) is 0 Å². The maximum atomic E-state index is 13.1. The van der Waals surface area contributed by atoms with Crippen LogP contribution in [0.3, 0.4) is 0 Å². The van der Waals surface area contributed by atoms with E-state index in [-0.39, 0.29) is 11.3 Å². The molecule has 0 spiro atoms. The minimum Gasteiger partial charge on any atom is -0.406 e. The predicted molar refractivity (Wildman–Crippen MR) is 61.7 cm³/mol. The van der Waals surface area contributed by atoms with Crippen LogP contribution in [0.4, 0.5) is 17.6 Å². The highest BCUT2D eigenvalue weighted by Crippen LogP contribution is 2.27. The normalized spacial score (nSPS) is 11.2. The van der Waals surface area contributed by atoms with Gasteiger partial charge in [-0.25, -0.2) is 4.98 Å². The zero-order chi connectivity index (χ0) is 14.8. The molecule has 0 amide bonds. The maximum absolute atomic E-state index is 13.1. The first kappa shape index (κ1) is 14.0. The second kappa shape index (κ2) is 5.28. The molecular formula is C13H7F4NO2. The van der Waals surface area contributed by atoms with Crippen LogP contribution in [-0.4, -0.2) is 17.6 Å². The molecule has 0 saturated carbocycles. The summed E-state index contributed by atoms with van der Waals surface area (Å²) in [5.74, 6) is -1.20. The van der Waals surface area contributed by atoms with Crippen LogP contribution in [0.25, 0.3) is 11.3 Å². The molecule has 0 fully saturated rings. The van der Waals surface area contributed by atoms with E-state index in [1.54, 1.807) is 0 Å². The minimum atomic E-state index is -4.79. The van der Waals surface area contributed by atoms with Gasteiger partial charge in [0.25, 0.3) is 0 Å². The van der Waals surface area contributed by atoms with E-state index in [9.17, 15) is 22.4 Å². The number of hydrogen-bond donors (Lipinski definition) is 0. The van der Waals surface area contributed by atoms with Crippen LogP contribution >= 0.6 is 0 Å². The van der Waals surface area contributed by atoms with Gasteiger partial charge in [-0.1, -0.05) is 0 Å². The minimum absolute atomic E-state index is 0.0542. The first-order valence-electron chi connectivity index (χ1n) is 5.37. The van der Waals surface area contributed by atoms with E-state index in [1.165, 1.54) is 18.2 Å². The third-order valence-electron chi connectivity index (χ3n) is 2.38. The summed E-state index contributed by atoms with van der Waals surface area (Å²) < 4.78 is 52.8. The van der Waals surface area contributed by atoms with Gasteiger partial charge in [0.1, 0.15) is 5.75 Å². The number of halogens is 4. The SMILES string of the molecule is O=Cc1ccc(F)nc1-c1ccc(OC(F)(F)F)cc1. The molecule has 0 N–H and O–H groups in total. The zero-order valence-electron chi connectivity index (χ0n) is 9.82. The molecule has 0 bridgehead atoms. The van der Waals surface area contributed by atoms with Crippen LogP contribution in [0.15, 0.2) is 36.4 Å². The Balaban J connectivity index is 2.35. The van der Waals surface area contributed by atoms with E-state index >= 15 is 0 Å². The second-order valence-electron chi connectivity index (χ2n) is 3.76. The molecule has 1 heterocycles. The lowest BCUT2D eigenvalue weighted by Gasteiger charge is -2.09. The van der Waals surface area contributed by atoms with Gasteiger partial charge in [0, 0.05) is 11.1 Å². The Kier molecular flexibility index (Phi) is 3.69. The Morgan fingerprint density at radius 2 is 1.70 bits per heavy atom. The topological polar surface area (TPSA) is 39.2 Å². The number of benzene rings is 1. The molecule has 2 aromatic rings. The quantitative estimate of drug-likeness (QED) is 0.491. The Bertz CT molecular complexity index is 623. The van der Waals surface area contributed by atoms with Crippen molar-refractivity contribution in [1.29, 1.82) is 0 Å². The van der Waals surface area contributed by atoms with Gasteiger partial charge in [0.05, 0.1) is 5.69 Å². The molecule has 1 aromatic carbocycles. The van der Waals surface area contributed by atoms with Crippen molar-refractivity contribution in [3.63, 3.8) is 0 Å². The van der Waals surface area contributed by atoms with Crippen molar-refractivity contribution in [3.8, 4) is 17.0 Å². The van der Waals surface area contributed by atoms with Gasteiger partial charge < -0.3 is 4.74 Å². The number of aromatic nitrogens is 1. The van der Waals surface area contributed by atoms with Gasteiger partial charge in [-0.05, 0) is 36.4 Å². The molecule has 1 aromatic heterocycles. The molecule has 0 atom stereocenters. The Hall–Kier alpha value is -2.44. The molecule has 0 aliphatic rings. The lowest BCUT2D eigenvalue weighted by molar-refractivity contribution is -0.274. The van der Waals surface area contributed by atoms with E-state index in [2.05, 4.69) is 9.72 Å². The lowest BCUT2D eigenvalue weighted by atomic mass is 10.1. The number of hydrogen-bond acceptors (Lipinski definition) is 3. The number of pyridine rings is 1. The van der Waals surface area contributed by atoms with Crippen LogP contribution < -0.4 is 4.74 Å². The molecule has 20 heavy (non-hydrogen) atoms. The summed E-state index contributed by atoms with van der Waals surface area (Å²) in [6.45, 7) is 0. The Morgan fingerprint density at radius 3 is 2.25 bits per heavy atom. The average Bonchev–Trinajstić information content (AvgIpc) is 2.38. The van der Waals surface area contributed by atoms with Gasteiger partial charge in [0.2, 0.25) is 5.95 Å². The highest BCUT2D eigenvalue weighted by Gasteiger charge is 2.31. The fourth-order valence-corrected chi connectivity index (χ4v) is 1.59. The third-order valence-corrected chi connectivity index (χ3v) is 2.38. The van der Waals surface area contributed by atoms with E-state index in [0.717, 1.165) is 18.2 Å². The molecule has 104 valence electrons. The summed E-state index contributed by atoms with van der Waals surface area (Å²) in [6, 6.07) is 6.90. The number of carbonyl (C=O) groups is 1. The standard InChI is InChI=1S/C13H7F4NO2/c14-11-6-3-9(7-19)12(18-11)8-1-4-10(5-2-8)20-13(15,16)17/h1-7H. The maximum Gasteiger partial charge on any atom is 0.573 e. The lowest BCUT2D eigenvalue weighted by Crippen LogP contribution is -2.16.